The maximum absolute atomic E-state index is 12.0. The number of hydrogen-bond acceptors (Lipinski definition) is 3. The van der Waals surface area contributed by atoms with Crippen molar-refractivity contribution in [3.05, 3.63) is 0 Å². The molecule has 6 heteroatoms. The molecule has 0 spiro atoms. The van der Waals surface area contributed by atoms with Crippen LogP contribution in [-0.4, -0.2) is 45.9 Å². The Hall–Kier alpha value is -0.170. The SMILES string of the molecule is CCCNCCCN(C)S(=O)(=O)NCCCC1CCCC1. The molecular weight excluding hydrogens is 286 g/mol. The lowest BCUT2D eigenvalue weighted by Gasteiger charge is -2.18. The number of nitrogens with zero attached hydrogens (tertiary/aromatic N) is 1. The normalized spacial score (nSPS) is 16.9. The second-order valence-corrected chi connectivity index (χ2v) is 7.98. The summed E-state index contributed by atoms with van der Waals surface area (Å²) in [4.78, 5) is 0. The molecule has 1 aliphatic rings. The van der Waals surface area contributed by atoms with E-state index in [1.807, 2.05) is 0 Å². The summed E-state index contributed by atoms with van der Waals surface area (Å²) < 4.78 is 28.2. The Morgan fingerprint density at radius 2 is 1.81 bits per heavy atom. The van der Waals surface area contributed by atoms with Crippen LogP contribution in [-0.2, 0) is 10.2 Å². The van der Waals surface area contributed by atoms with Crippen LogP contribution in [0.15, 0.2) is 0 Å². The van der Waals surface area contributed by atoms with Gasteiger partial charge in [0, 0.05) is 20.1 Å². The van der Waals surface area contributed by atoms with Crippen molar-refractivity contribution in [2.24, 2.45) is 5.92 Å². The van der Waals surface area contributed by atoms with Gasteiger partial charge >= 0.3 is 0 Å². The van der Waals surface area contributed by atoms with Crippen LogP contribution >= 0.6 is 0 Å². The first-order chi connectivity index (χ1) is 10.1. The first-order valence-corrected chi connectivity index (χ1v) is 9.92. The first-order valence-electron chi connectivity index (χ1n) is 8.48. The highest BCUT2D eigenvalue weighted by Gasteiger charge is 2.17. The molecular formula is C15H33N3O2S. The fraction of sp³-hybridized carbons (Fsp3) is 1.00. The van der Waals surface area contributed by atoms with E-state index in [2.05, 4.69) is 17.0 Å². The van der Waals surface area contributed by atoms with Crippen molar-refractivity contribution in [1.29, 1.82) is 0 Å². The van der Waals surface area contributed by atoms with Gasteiger partial charge in [-0.25, -0.2) is 4.72 Å². The first kappa shape index (κ1) is 18.9. The van der Waals surface area contributed by atoms with Gasteiger partial charge in [0.25, 0.3) is 10.2 Å². The molecule has 0 aromatic rings. The van der Waals surface area contributed by atoms with Crippen molar-refractivity contribution in [1.82, 2.24) is 14.3 Å². The van der Waals surface area contributed by atoms with Gasteiger partial charge in [-0.1, -0.05) is 32.6 Å². The topological polar surface area (TPSA) is 61.4 Å². The van der Waals surface area contributed by atoms with Gasteiger partial charge in [-0.3, -0.25) is 0 Å². The Balaban J connectivity index is 2.09. The molecule has 0 aliphatic heterocycles. The Kier molecular flexibility index (Phi) is 9.47. The van der Waals surface area contributed by atoms with Gasteiger partial charge in [-0.2, -0.15) is 12.7 Å². The largest absolute Gasteiger partial charge is 0.317 e. The van der Waals surface area contributed by atoms with E-state index in [0.29, 0.717) is 13.1 Å². The Morgan fingerprint density at radius 1 is 1.10 bits per heavy atom. The number of rotatable bonds is 12. The second kappa shape index (κ2) is 10.5. The summed E-state index contributed by atoms with van der Waals surface area (Å²) in [5.41, 5.74) is 0. The van der Waals surface area contributed by atoms with Crippen molar-refractivity contribution in [2.75, 3.05) is 33.2 Å². The molecule has 0 saturated heterocycles. The standard InChI is InChI=1S/C15H33N3O2S/c1-3-11-16-12-7-14-18(2)21(19,20)17-13-6-10-15-8-4-5-9-15/h15-17H,3-14H2,1-2H3. The van der Waals surface area contributed by atoms with Crippen LogP contribution in [0.5, 0.6) is 0 Å². The summed E-state index contributed by atoms with van der Waals surface area (Å²) in [5.74, 6) is 0.830. The molecule has 0 aromatic carbocycles. The monoisotopic (exact) mass is 319 g/mol. The average Bonchev–Trinajstić information content (AvgIpc) is 2.96. The minimum atomic E-state index is -3.29. The summed E-state index contributed by atoms with van der Waals surface area (Å²) in [6.45, 7) is 5.12. The molecule has 0 amide bonds. The Labute approximate surface area is 131 Å². The minimum Gasteiger partial charge on any atom is -0.317 e. The van der Waals surface area contributed by atoms with E-state index in [4.69, 9.17) is 0 Å². The lowest BCUT2D eigenvalue weighted by atomic mass is 10.0. The second-order valence-electron chi connectivity index (χ2n) is 6.12. The maximum Gasteiger partial charge on any atom is 0.279 e. The summed E-state index contributed by atoms with van der Waals surface area (Å²) in [5, 5.41) is 3.28. The highest BCUT2D eigenvalue weighted by Crippen LogP contribution is 2.28. The molecule has 0 radical (unpaired) electrons. The van der Waals surface area contributed by atoms with Crippen LogP contribution < -0.4 is 10.0 Å². The van der Waals surface area contributed by atoms with Crippen LogP contribution in [0.1, 0.15) is 58.3 Å². The van der Waals surface area contributed by atoms with Crippen LogP contribution in [0, 0.1) is 5.92 Å². The molecule has 0 unspecified atom stereocenters. The molecule has 1 fully saturated rings. The molecule has 0 heterocycles. The van der Waals surface area contributed by atoms with Gasteiger partial charge < -0.3 is 5.32 Å². The third-order valence-electron chi connectivity index (χ3n) is 4.21. The van der Waals surface area contributed by atoms with Crippen LogP contribution in [0.3, 0.4) is 0 Å². The molecule has 1 rings (SSSR count). The Bertz CT molecular complexity index is 354. The lowest BCUT2D eigenvalue weighted by molar-refractivity contribution is 0.438. The van der Waals surface area contributed by atoms with E-state index in [9.17, 15) is 8.42 Å². The molecule has 2 N–H and O–H groups in total. The zero-order valence-electron chi connectivity index (χ0n) is 13.7. The van der Waals surface area contributed by atoms with Crippen molar-refractivity contribution in [2.45, 2.75) is 58.3 Å². The quantitative estimate of drug-likeness (QED) is 0.542. The lowest BCUT2D eigenvalue weighted by Crippen LogP contribution is -2.39. The van der Waals surface area contributed by atoms with Crippen LogP contribution in [0.25, 0.3) is 0 Å². The molecule has 0 atom stereocenters. The summed E-state index contributed by atoms with van der Waals surface area (Å²) >= 11 is 0. The van der Waals surface area contributed by atoms with Gasteiger partial charge in [-0.15, -0.1) is 0 Å². The van der Waals surface area contributed by atoms with Gasteiger partial charge in [0.2, 0.25) is 0 Å². The number of nitrogens with one attached hydrogen (secondary N) is 2. The molecule has 21 heavy (non-hydrogen) atoms. The molecule has 126 valence electrons. The Morgan fingerprint density at radius 3 is 2.48 bits per heavy atom. The van der Waals surface area contributed by atoms with Gasteiger partial charge in [0.15, 0.2) is 0 Å². The number of hydrogen-bond donors (Lipinski definition) is 2. The molecule has 1 saturated carbocycles. The van der Waals surface area contributed by atoms with E-state index in [1.165, 1.54) is 30.0 Å². The van der Waals surface area contributed by atoms with E-state index in [-0.39, 0.29) is 0 Å². The van der Waals surface area contributed by atoms with Gasteiger partial charge in [0.1, 0.15) is 0 Å². The van der Waals surface area contributed by atoms with Crippen molar-refractivity contribution < 1.29 is 8.42 Å². The van der Waals surface area contributed by atoms with Crippen molar-refractivity contribution in [3.8, 4) is 0 Å². The zero-order chi connectivity index (χ0) is 15.6. The summed E-state index contributed by atoms with van der Waals surface area (Å²) in [6.07, 6.45) is 9.43. The average molecular weight is 320 g/mol. The minimum absolute atomic E-state index is 0.564. The smallest absolute Gasteiger partial charge is 0.279 e. The third kappa shape index (κ3) is 8.14. The molecule has 1 aliphatic carbocycles. The predicted molar refractivity (Wildman–Crippen MR) is 88.5 cm³/mol. The van der Waals surface area contributed by atoms with Crippen LogP contribution in [0.2, 0.25) is 0 Å². The van der Waals surface area contributed by atoms with Gasteiger partial charge in [0.05, 0.1) is 0 Å². The van der Waals surface area contributed by atoms with Gasteiger partial charge in [-0.05, 0) is 44.7 Å². The highest BCUT2D eigenvalue weighted by molar-refractivity contribution is 7.87. The summed E-state index contributed by atoms with van der Waals surface area (Å²) in [6, 6.07) is 0. The fourth-order valence-corrected chi connectivity index (χ4v) is 3.84. The van der Waals surface area contributed by atoms with Crippen molar-refractivity contribution >= 4 is 10.2 Å². The molecule has 0 aromatic heterocycles. The van der Waals surface area contributed by atoms with E-state index >= 15 is 0 Å². The highest BCUT2D eigenvalue weighted by atomic mass is 32.2. The van der Waals surface area contributed by atoms with E-state index in [1.54, 1.807) is 7.05 Å². The zero-order valence-corrected chi connectivity index (χ0v) is 14.6. The summed E-state index contributed by atoms with van der Waals surface area (Å²) in [7, 11) is -1.64. The van der Waals surface area contributed by atoms with Crippen LogP contribution in [0.4, 0.5) is 0 Å². The fourth-order valence-electron chi connectivity index (χ4n) is 2.85. The maximum atomic E-state index is 12.0. The molecule has 5 nitrogen and oxygen atoms in total. The molecule has 0 bridgehead atoms. The third-order valence-corrected chi connectivity index (χ3v) is 5.78. The van der Waals surface area contributed by atoms with E-state index < -0.39 is 10.2 Å². The predicted octanol–water partition coefficient (Wildman–Crippen LogP) is 2.11. The van der Waals surface area contributed by atoms with Crippen molar-refractivity contribution in [3.63, 3.8) is 0 Å². The van der Waals surface area contributed by atoms with E-state index in [0.717, 1.165) is 44.7 Å².